The Kier molecular flexibility index (Phi) is 4.10. The van der Waals surface area contributed by atoms with E-state index in [4.69, 9.17) is 5.11 Å². The van der Waals surface area contributed by atoms with Gasteiger partial charge < -0.3 is 10.4 Å². The molecule has 102 valence electrons. The summed E-state index contributed by atoms with van der Waals surface area (Å²) in [6, 6.07) is 11.4. The molecule has 0 radical (unpaired) electrons. The minimum atomic E-state index is -1.01. The predicted octanol–water partition coefficient (Wildman–Crippen LogP) is 2.02. The van der Waals surface area contributed by atoms with Crippen molar-refractivity contribution < 1.29 is 14.7 Å². The van der Waals surface area contributed by atoms with Gasteiger partial charge >= 0.3 is 5.97 Å². The number of nitrogens with zero attached hydrogens (tertiary/aromatic N) is 1. The topological polar surface area (TPSA) is 79.3 Å². The van der Waals surface area contributed by atoms with Crippen LogP contribution in [-0.2, 0) is 6.54 Å². The third-order valence-electron chi connectivity index (χ3n) is 2.77. The zero-order chi connectivity index (χ0) is 14.5. The first-order chi connectivity index (χ1) is 9.56. The first-order valence-corrected chi connectivity index (χ1v) is 6.10. The number of pyridine rings is 1. The minimum Gasteiger partial charge on any atom is -0.478 e. The predicted molar refractivity (Wildman–Crippen MR) is 73.5 cm³/mol. The maximum Gasteiger partial charge on any atom is 0.335 e. The van der Waals surface area contributed by atoms with Gasteiger partial charge in [0.1, 0.15) is 0 Å². The molecule has 0 aliphatic carbocycles. The van der Waals surface area contributed by atoms with Gasteiger partial charge in [0, 0.05) is 11.3 Å². The molecule has 0 bridgehead atoms. The normalized spacial score (nSPS) is 10.1. The molecule has 5 heteroatoms. The zero-order valence-corrected chi connectivity index (χ0v) is 11.0. The van der Waals surface area contributed by atoms with Gasteiger partial charge in [-0.1, -0.05) is 6.07 Å². The van der Waals surface area contributed by atoms with Crippen LogP contribution in [0.4, 0.5) is 0 Å². The fraction of sp³-hybridized carbons (Fsp3) is 0.133. The number of benzene rings is 1. The maximum atomic E-state index is 11.9. The van der Waals surface area contributed by atoms with E-state index in [1.807, 2.05) is 25.1 Å². The summed E-state index contributed by atoms with van der Waals surface area (Å²) < 4.78 is 0. The number of hydrogen-bond acceptors (Lipinski definition) is 3. The van der Waals surface area contributed by atoms with E-state index in [0.29, 0.717) is 12.1 Å². The van der Waals surface area contributed by atoms with Crippen molar-refractivity contribution in [1.82, 2.24) is 10.3 Å². The zero-order valence-electron chi connectivity index (χ0n) is 11.0. The molecule has 0 unspecified atom stereocenters. The Morgan fingerprint density at radius 2 is 1.75 bits per heavy atom. The first kappa shape index (κ1) is 13.7. The molecule has 0 saturated heterocycles. The SMILES string of the molecule is Cc1cccc(CNC(=O)c2ccc(C(=O)O)cc2)n1. The Bertz CT molecular complexity index is 636. The van der Waals surface area contributed by atoms with Crippen molar-refractivity contribution in [3.05, 3.63) is 65.0 Å². The molecule has 1 aromatic heterocycles. The number of aromatic carboxylic acids is 1. The largest absolute Gasteiger partial charge is 0.478 e. The van der Waals surface area contributed by atoms with Crippen molar-refractivity contribution in [2.45, 2.75) is 13.5 Å². The van der Waals surface area contributed by atoms with E-state index in [2.05, 4.69) is 10.3 Å². The number of rotatable bonds is 4. The molecule has 2 rings (SSSR count). The van der Waals surface area contributed by atoms with E-state index in [1.165, 1.54) is 24.3 Å². The minimum absolute atomic E-state index is 0.155. The van der Waals surface area contributed by atoms with Crippen LogP contribution in [0.5, 0.6) is 0 Å². The van der Waals surface area contributed by atoms with Gasteiger partial charge in [0.15, 0.2) is 0 Å². The highest BCUT2D eigenvalue weighted by molar-refractivity contribution is 5.95. The van der Waals surface area contributed by atoms with Crippen molar-refractivity contribution >= 4 is 11.9 Å². The van der Waals surface area contributed by atoms with Gasteiger partial charge in [0.05, 0.1) is 17.8 Å². The van der Waals surface area contributed by atoms with Gasteiger partial charge in [-0.15, -0.1) is 0 Å². The number of carboxylic acid groups (broad SMARTS) is 1. The molecule has 0 saturated carbocycles. The van der Waals surface area contributed by atoms with Crippen molar-refractivity contribution in [2.75, 3.05) is 0 Å². The molecule has 0 aliphatic rings. The average molecular weight is 270 g/mol. The van der Waals surface area contributed by atoms with E-state index >= 15 is 0 Å². The molecule has 5 nitrogen and oxygen atoms in total. The highest BCUT2D eigenvalue weighted by Gasteiger charge is 2.07. The molecule has 20 heavy (non-hydrogen) atoms. The van der Waals surface area contributed by atoms with Crippen LogP contribution in [0.3, 0.4) is 0 Å². The lowest BCUT2D eigenvalue weighted by Gasteiger charge is -2.05. The van der Waals surface area contributed by atoms with Crippen LogP contribution in [0.1, 0.15) is 32.1 Å². The summed E-state index contributed by atoms with van der Waals surface area (Å²) in [5.74, 6) is -1.27. The number of amides is 1. The molecule has 0 atom stereocenters. The molecule has 0 spiro atoms. The van der Waals surface area contributed by atoms with Crippen LogP contribution in [0.25, 0.3) is 0 Å². The number of carbonyl (C=O) groups excluding carboxylic acids is 1. The second-order valence-corrected chi connectivity index (χ2v) is 4.34. The Morgan fingerprint density at radius 3 is 2.35 bits per heavy atom. The second-order valence-electron chi connectivity index (χ2n) is 4.34. The van der Waals surface area contributed by atoms with Gasteiger partial charge in [0.2, 0.25) is 0 Å². The lowest BCUT2D eigenvalue weighted by molar-refractivity contribution is 0.0696. The van der Waals surface area contributed by atoms with Crippen LogP contribution in [0.15, 0.2) is 42.5 Å². The Morgan fingerprint density at radius 1 is 1.10 bits per heavy atom. The average Bonchev–Trinajstić information content (AvgIpc) is 2.45. The van der Waals surface area contributed by atoms with E-state index in [0.717, 1.165) is 11.4 Å². The van der Waals surface area contributed by atoms with E-state index in [-0.39, 0.29) is 11.5 Å². The summed E-state index contributed by atoms with van der Waals surface area (Å²) >= 11 is 0. The molecule has 1 aromatic carbocycles. The highest BCUT2D eigenvalue weighted by Crippen LogP contribution is 2.05. The van der Waals surface area contributed by atoms with E-state index < -0.39 is 5.97 Å². The van der Waals surface area contributed by atoms with Crippen LogP contribution >= 0.6 is 0 Å². The summed E-state index contributed by atoms with van der Waals surface area (Å²) in [7, 11) is 0. The van der Waals surface area contributed by atoms with Crippen molar-refractivity contribution in [3.63, 3.8) is 0 Å². The summed E-state index contributed by atoms with van der Waals surface area (Å²) in [5, 5.41) is 11.5. The third-order valence-corrected chi connectivity index (χ3v) is 2.77. The summed E-state index contributed by atoms with van der Waals surface area (Å²) in [6.07, 6.45) is 0. The summed E-state index contributed by atoms with van der Waals surface area (Å²) in [6.45, 7) is 2.22. The number of carbonyl (C=O) groups is 2. The number of aryl methyl sites for hydroxylation is 1. The number of nitrogens with one attached hydrogen (secondary N) is 1. The molecular formula is C15H14N2O3. The molecular weight excluding hydrogens is 256 g/mol. The second kappa shape index (κ2) is 5.97. The van der Waals surface area contributed by atoms with Crippen molar-refractivity contribution in [3.8, 4) is 0 Å². The van der Waals surface area contributed by atoms with E-state index in [1.54, 1.807) is 0 Å². The first-order valence-electron chi connectivity index (χ1n) is 6.10. The van der Waals surface area contributed by atoms with Gasteiger partial charge in [0.25, 0.3) is 5.91 Å². The van der Waals surface area contributed by atoms with Gasteiger partial charge in [-0.05, 0) is 43.3 Å². The number of hydrogen-bond donors (Lipinski definition) is 2. The highest BCUT2D eigenvalue weighted by atomic mass is 16.4. The lowest BCUT2D eigenvalue weighted by atomic mass is 10.1. The van der Waals surface area contributed by atoms with Gasteiger partial charge in [-0.25, -0.2) is 4.79 Å². The lowest BCUT2D eigenvalue weighted by Crippen LogP contribution is -2.23. The Hall–Kier alpha value is -2.69. The number of carboxylic acids is 1. The Balaban J connectivity index is 1.99. The van der Waals surface area contributed by atoms with E-state index in [9.17, 15) is 9.59 Å². The molecule has 0 aliphatic heterocycles. The molecule has 1 amide bonds. The number of aromatic nitrogens is 1. The fourth-order valence-electron chi connectivity index (χ4n) is 1.74. The molecule has 0 fully saturated rings. The molecule has 2 aromatic rings. The third kappa shape index (κ3) is 3.41. The molecule has 1 heterocycles. The summed E-state index contributed by atoms with van der Waals surface area (Å²) in [5.41, 5.74) is 2.24. The van der Waals surface area contributed by atoms with Gasteiger partial charge in [-0.2, -0.15) is 0 Å². The quantitative estimate of drug-likeness (QED) is 0.890. The smallest absolute Gasteiger partial charge is 0.335 e. The van der Waals surface area contributed by atoms with Gasteiger partial charge in [-0.3, -0.25) is 9.78 Å². The monoisotopic (exact) mass is 270 g/mol. The van der Waals surface area contributed by atoms with Crippen LogP contribution in [0.2, 0.25) is 0 Å². The van der Waals surface area contributed by atoms with Crippen LogP contribution in [-0.4, -0.2) is 22.0 Å². The van der Waals surface area contributed by atoms with Crippen molar-refractivity contribution in [2.24, 2.45) is 0 Å². The van der Waals surface area contributed by atoms with Crippen molar-refractivity contribution in [1.29, 1.82) is 0 Å². The Labute approximate surface area is 116 Å². The molecule has 2 N–H and O–H groups in total. The standard InChI is InChI=1S/C15H14N2O3/c1-10-3-2-4-13(17-10)9-16-14(18)11-5-7-12(8-6-11)15(19)20/h2-8H,9H2,1H3,(H,16,18)(H,19,20). The summed E-state index contributed by atoms with van der Waals surface area (Å²) in [4.78, 5) is 26.9. The van der Waals surface area contributed by atoms with Crippen LogP contribution in [0, 0.1) is 6.92 Å². The fourth-order valence-corrected chi connectivity index (χ4v) is 1.74. The van der Waals surface area contributed by atoms with Crippen LogP contribution < -0.4 is 5.32 Å². The maximum absolute atomic E-state index is 11.9.